The summed E-state index contributed by atoms with van der Waals surface area (Å²) in [5.74, 6) is 0.332. The van der Waals surface area contributed by atoms with Crippen molar-refractivity contribution in [3.63, 3.8) is 0 Å². The molecule has 0 radical (unpaired) electrons. The number of hydrogen-bond acceptors (Lipinski definition) is 4. The molecule has 1 amide bonds. The summed E-state index contributed by atoms with van der Waals surface area (Å²) in [6.45, 7) is 2.62. The van der Waals surface area contributed by atoms with Crippen molar-refractivity contribution in [2.45, 2.75) is 19.3 Å². The van der Waals surface area contributed by atoms with Crippen LogP contribution in [0.25, 0.3) is 0 Å². The van der Waals surface area contributed by atoms with Crippen LogP contribution < -0.4 is 5.32 Å². The SMILES string of the molecule is COCCNC(=O)/C(C#N)=C\N1CCC(Cc2ccccc2)CC1. The van der Waals surface area contributed by atoms with E-state index in [1.165, 1.54) is 5.56 Å². The van der Waals surface area contributed by atoms with Gasteiger partial charge in [-0.3, -0.25) is 4.79 Å². The highest BCUT2D eigenvalue weighted by Crippen LogP contribution is 2.22. The molecule has 0 saturated carbocycles. The van der Waals surface area contributed by atoms with E-state index in [4.69, 9.17) is 4.74 Å². The number of nitriles is 1. The minimum absolute atomic E-state index is 0.160. The second-order valence-electron chi connectivity index (χ2n) is 6.07. The van der Waals surface area contributed by atoms with Crippen LogP contribution in [0.1, 0.15) is 18.4 Å². The fraction of sp³-hybridized carbons (Fsp3) is 0.474. The molecular formula is C19H25N3O2. The van der Waals surface area contributed by atoms with Gasteiger partial charge in [0, 0.05) is 32.9 Å². The van der Waals surface area contributed by atoms with Gasteiger partial charge in [0.05, 0.1) is 6.61 Å². The smallest absolute Gasteiger partial charge is 0.263 e. The van der Waals surface area contributed by atoms with Gasteiger partial charge in [-0.2, -0.15) is 5.26 Å². The number of likely N-dealkylation sites (tertiary alicyclic amines) is 1. The van der Waals surface area contributed by atoms with Gasteiger partial charge in [-0.05, 0) is 30.7 Å². The molecule has 0 bridgehead atoms. The number of ether oxygens (including phenoxy) is 1. The average Bonchev–Trinajstić information content (AvgIpc) is 2.62. The zero-order valence-corrected chi connectivity index (χ0v) is 14.2. The molecule has 1 aliphatic heterocycles. The third kappa shape index (κ3) is 5.71. The molecule has 1 aromatic rings. The molecule has 5 nitrogen and oxygen atoms in total. The second kappa shape index (κ2) is 9.74. The van der Waals surface area contributed by atoms with Gasteiger partial charge in [0.2, 0.25) is 0 Å². The van der Waals surface area contributed by atoms with Crippen LogP contribution in [0, 0.1) is 17.2 Å². The first-order valence-corrected chi connectivity index (χ1v) is 8.40. The Labute approximate surface area is 143 Å². The largest absolute Gasteiger partial charge is 0.383 e. The van der Waals surface area contributed by atoms with Crippen LogP contribution in [0.5, 0.6) is 0 Å². The summed E-state index contributed by atoms with van der Waals surface area (Å²) in [7, 11) is 1.58. The summed E-state index contributed by atoms with van der Waals surface area (Å²) < 4.78 is 4.89. The van der Waals surface area contributed by atoms with E-state index in [0.29, 0.717) is 19.1 Å². The molecule has 24 heavy (non-hydrogen) atoms. The van der Waals surface area contributed by atoms with E-state index in [1.54, 1.807) is 13.3 Å². The number of carbonyl (C=O) groups is 1. The van der Waals surface area contributed by atoms with E-state index in [0.717, 1.165) is 32.4 Å². The maximum atomic E-state index is 11.9. The Morgan fingerprint density at radius 3 is 2.71 bits per heavy atom. The number of benzene rings is 1. The Kier molecular flexibility index (Phi) is 7.31. The summed E-state index contributed by atoms with van der Waals surface area (Å²) in [4.78, 5) is 14.0. The normalized spacial score (nSPS) is 15.8. The summed E-state index contributed by atoms with van der Waals surface area (Å²) >= 11 is 0. The standard InChI is InChI=1S/C19H25N3O2/c1-24-12-9-21-19(23)18(14-20)15-22-10-7-17(8-11-22)13-16-5-3-2-4-6-16/h2-6,15,17H,7-13H2,1H3,(H,21,23)/b18-15-. The van der Waals surface area contributed by atoms with Crippen LogP contribution in [0.2, 0.25) is 0 Å². The van der Waals surface area contributed by atoms with Crippen molar-refractivity contribution in [2.75, 3.05) is 33.4 Å². The molecular weight excluding hydrogens is 302 g/mol. The Morgan fingerprint density at radius 2 is 2.08 bits per heavy atom. The Bertz CT molecular complexity index is 584. The van der Waals surface area contributed by atoms with Crippen molar-refractivity contribution in [1.29, 1.82) is 5.26 Å². The molecule has 128 valence electrons. The van der Waals surface area contributed by atoms with Crippen molar-refractivity contribution < 1.29 is 9.53 Å². The van der Waals surface area contributed by atoms with Crippen molar-refractivity contribution >= 4 is 5.91 Å². The van der Waals surface area contributed by atoms with Gasteiger partial charge in [-0.15, -0.1) is 0 Å². The van der Waals surface area contributed by atoms with E-state index in [9.17, 15) is 10.1 Å². The molecule has 1 heterocycles. The van der Waals surface area contributed by atoms with Gasteiger partial charge in [0.15, 0.2) is 0 Å². The highest BCUT2D eigenvalue weighted by molar-refractivity contribution is 5.97. The number of carbonyl (C=O) groups excluding carboxylic acids is 1. The highest BCUT2D eigenvalue weighted by Gasteiger charge is 2.19. The minimum atomic E-state index is -0.332. The lowest BCUT2D eigenvalue weighted by Crippen LogP contribution is -2.33. The first-order valence-electron chi connectivity index (χ1n) is 8.40. The summed E-state index contributed by atoms with van der Waals surface area (Å²) in [6, 6.07) is 12.5. The van der Waals surface area contributed by atoms with Crippen LogP contribution in [0.4, 0.5) is 0 Å². The van der Waals surface area contributed by atoms with Crippen LogP contribution in [0.3, 0.4) is 0 Å². The lowest BCUT2D eigenvalue weighted by atomic mass is 9.90. The number of amides is 1. The third-order valence-electron chi connectivity index (χ3n) is 4.28. The molecule has 0 spiro atoms. The van der Waals surface area contributed by atoms with E-state index in [1.807, 2.05) is 12.1 Å². The number of piperidine rings is 1. The van der Waals surface area contributed by atoms with Crippen LogP contribution >= 0.6 is 0 Å². The van der Waals surface area contributed by atoms with Crippen LogP contribution in [-0.4, -0.2) is 44.2 Å². The summed E-state index contributed by atoms with van der Waals surface area (Å²) in [5.41, 5.74) is 1.54. The number of hydrogen-bond donors (Lipinski definition) is 1. The molecule has 5 heteroatoms. The van der Waals surface area contributed by atoms with Crippen LogP contribution in [-0.2, 0) is 16.0 Å². The van der Waals surface area contributed by atoms with Gasteiger partial charge in [-0.1, -0.05) is 30.3 Å². The topological polar surface area (TPSA) is 65.4 Å². The number of nitrogens with one attached hydrogen (secondary N) is 1. The van der Waals surface area contributed by atoms with Crippen LogP contribution in [0.15, 0.2) is 42.1 Å². The predicted octanol–water partition coefficient (Wildman–Crippen LogP) is 2.11. The molecule has 1 aliphatic rings. The maximum absolute atomic E-state index is 11.9. The monoisotopic (exact) mass is 327 g/mol. The lowest BCUT2D eigenvalue weighted by Gasteiger charge is -2.31. The average molecular weight is 327 g/mol. The van der Waals surface area contributed by atoms with E-state index in [2.05, 4.69) is 34.5 Å². The zero-order chi connectivity index (χ0) is 17.2. The Morgan fingerprint density at radius 1 is 1.38 bits per heavy atom. The lowest BCUT2D eigenvalue weighted by molar-refractivity contribution is -0.117. The van der Waals surface area contributed by atoms with Crippen molar-refractivity contribution in [2.24, 2.45) is 5.92 Å². The minimum Gasteiger partial charge on any atom is -0.383 e. The molecule has 0 unspecified atom stereocenters. The van der Waals surface area contributed by atoms with E-state index in [-0.39, 0.29) is 11.5 Å². The van der Waals surface area contributed by atoms with Gasteiger partial charge < -0.3 is 15.0 Å². The Hall–Kier alpha value is -2.32. The molecule has 1 aromatic carbocycles. The fourth-order valence-electron chi connectivity index (χ4n) is 2.92. The third-order valence-corrected chi connectivity index (χ3v) is 4.28. The summed E-state index contributed by atoms with van der Waals surface area (Å²) in [5, 5.41) is 11.9. The van der Waals surface area contributed by atoms with E-state index < -0.39 is 0 Å². The maximum Gasteiger partial charge on any atom is 0.263 e. The first-order chi connectivity index (χ1) is 11.7. The van der Waals surface area contributed by atoms with Crippen molar-refractivity contribution in [3.05, 3.63) is 47.7 Å². The van der Waals surface area contributed by atoms with E-state index >= 15 is 0 Å². The number of rotatable bonds is 7. The predicted molar refractivity (Wildman–Crippen MR) is 93.0 cm³/mol. The quantitative estimate of drug-likeness (QED) is 0.473. The Balaban J connectivity index is 1.82. The van der Waals surface area contributed by atoms with Gasteiger partial charge in [0.25, 0.3) is 5.91 Å². The highest BCUT2D eigenvalue weighted by atomic mass is 16.5. The number of nitrogens with zero attached hydrogens (tertiary/aromatic N) is 2. The fourth-order valence-corrected chi connectivity index (χ4v) is 2.92. The van der Waals surface area contributed by atoms with Gasteiger partial charge in [0.1, 0.15) is 11.6 Å². The van der Waals surface area contributed by atoms with Gasteiger partial charge in [-0.25, -0.2) is 0 Å². The molecule has 1 saturated heterocycles. The summed E-state index contributed by atoms with van der Waals surface area (Å²) in [6.07, 6.45) is 4.95. The van der Waals surface area contributed by atoms with Crippen molar-refractivity contribution in [1.82, 2.24) is 10.2 Å². The van der Waals surface area contributed by atoms with Gasteiger partial charge >= 0.3 is 0 Å². The number of methoxy groups -OCH3 is 1. The molecule has 1 N–H and O–H groups in total. The zero-order valence-electron chi connectivity index (χ0n) is 14.2. The molecule has 0 aromatic heterocycles. The molecule has 2 rings (SSSR count). The first kappa shape index (κ1) is 18.0. The van der Waals surface area contributed by atoms with Crippen molar-refractivity contribution in [3.8, 4) is 6.07 Å². The molecule has 0 aliphatic carbocycles. The molecule has 0 atom stereocenters. The second-order valence-corrected chi connectivity index (χ2v) is 6.07. The molecule has 1 fully saturated rings.